The molecule has 10 heteroatoms. The van der Waals surface area contributed by atoms with Crippen molar-refractivity contribution in [3.63, 3.8) is 0 Å². The van der Waals surface area contributed by atoms with Crippen LogP contribution in [0.3, 0.4) is 0 Å². The normalized spacial score (nSPS) is 26.4. The fourth-order valence-corrected chi connectivity index (χ4v) is 8.17. The Balaban J connectivity index is 1.43. The van der Waals surface area contributed by atoms with Crippen molar-refractivity contribution in [1.29, 1.82) is 0 Å². The summed E-state index contributed by atoms with van der Waals surface area (Å²) < 4.78 is 18.1. The molecule has 0 unspecified atom stereocenters. The number of anilines is 1. The maximum atomic E-state index is 16.1. The highest BCUT2D eigenvalue weighted by Crippen LogP contribution is 2.65. The van der Waals surface area contributed by atoms with Crippen molar-refractivity contribution in [1.82, 2.24) is 14.3 Å². The van der Waals surface area contributed by atoms with Crippen molar-refractivity contribution in [2.24, 2.45) is 5.92 Å². The van der Waals surface area contributed by atoms with E-state index in [1.165, 1.54) is 6.07 Å². The van der Waals surface area contributed by atoms with E-state index in [0.717, 1.165) is 29.8 Å². The van der Waals surface area contributed by atoms with Gasteiger partial charge in [-0.05, 0) is 55.5 Å². The molecule has 8 rings (SSSR count). The Bertz CT molecular complexity index is 1840. The summed E-state index contributed by atoms with van der Waals surface area (Å²) in [5.41, 5.74) is 3.65. The predicted octanol–water partition coefficient (Wildman–Crippen LogP) is 6.15. The van der Waals surface area contributed by atoms with Crippen LogP contribution in [0.25, 0.3) is 5.65 Å². The molecule has 7 nitrogen and oxygen atoms in total. The van der Waals surface area contributed by atoms with Crippen LogP contribution in [0.5, 0.6) is 0 Å². The van der Waals surface area contributed by atoms with Gasteiger partial charge in [0.25, 0.3) is 0 Å². The third-order valence-electron chi connectivity index (χ3n) is 9.65. The highest BCUT2D eigenvalue weighted by Gasteiger charge is 2.69. The summed E-state index contributed by atoms with van der Waals surface area (Å²) in [5, 5.41) is 13.3. The van der Waals surface area contributed by atoms with Crippen LogP contribution in [0, 0.1) is 18.7 Å². The minimum absolute atomic E-state index is 0.000237. The molecule has 2 aliphatic heterocycles. The number of carbonyl (C=O) groups excluding carboxylic acids is 1. The molecular weight excluding hydrogens is 566 g/mol. The zero-order valence-corrected chi connectivity index (χ0v) is 23.5. The number of carboxylic acids is 1. The number of aromatic nitrogens is 2. The Kier molecular flexibility index (Phi) is 5.26. The number of nitrogens with one attached hydrogen (secondary N) is 1. The topological polar surface area (TPSA) is 86.9 Å². The van der Waals surface area contributed by atoms with Crippen molar-refractivity contribution < 1.29 is 19.1 Å². The van der Waals surface area contributed by atoms with Gasteiger partial charge in [-0.25, -0.2) is 14.2 Å². The molecule has 2 aliphatic carbocycles. The zero-order chi connectivity index (χ0) is 28.4. The number of carboxylic acid groups (broad SMARTS) is 1. The first kappa shape index (κ1) is 25.3. The van der Waals surface area contributed by atoms with E-state index >= 15 is 4.39 Å². The van der Waals surface area contributed by atoms with Gasteiger partial charge in [0.15, 0.2) is 0 Å². The number of carbonyl (C=O) groups is 2. The molecule has 2 aromatic carbocycles. The Morgan fingerprint density at radius 2 is 2.02 bits per heavy atom. The number of halogens is 3. The maximum Gasteiger partial charge on any atom is 0.336 e. The number of hydrogen-bond acceptors (Lipinski definition) is 4. The van der Waals surface area contributed by atoms with E-state index in [2.05, 4.69) is 10.2 Å². The summed E-state index contributed by atoms with van der Waals surface area (Å²) in [6.45, 7) is 2.46. The summed E-state index contributed by atoms with van der Waals surface area (Å²) in [5.74, 6) is -2.29. The lowest BCUT2D eigenvalue weighted by molar-refractivity contribution is -0.128. The summed E-state index contributed by atoms with van der Waals surface area (Å²) in [6, 6.07) is 11.9. The molecule has 1 spiro atoms. The third kappa shape index (κ3) is 3.27. The van der Waals surface area contributed by atoms with Gasteiger partial charge < -0.3 is 14.8 Å². The second-order valence-corrected chi connectivity index (χ2v) is 12.6. The summed E-state index contributed by atoms with van der Waals surface area (Å²) in [7, 11) is 0. The van der Waals surface area contributed by atoms with Crippen LogP contribution in [0.4, 0.5) is 10.1 Å². The maximum absolute atomic E-state index is 16.1. The Morgan fingerprint density at radius 1 is 1.22 bits per heavy atom. The predicted molar refractivity (Wildman–Crippen MR) is 152 cm³/mol. The number of aromatic carboxylic acids is 1. The molecule has 1 saturated carbocycles. The second kappa shape index (κ2) is 8.53. The van der Waals surface area contributed by atoms with Crippen LogP contribution >= 0.6 is 23.2 Å². The highest BCUT2D eigenvalue weighted by atomic mass is 35.5. The Morgan fingerprint density at radius 3 is 2.78 bits per heavy atom. The largest absolute Gasteiger partial charge is 0.478 e. The smallest absolute Gasteiger partial charge is 0.336 e. The Labute approximate surface area is 244 Å². The number of nitrogens with zero attached hydrogens (tertiary/aromatic N) is 3. The molecule has 4 heterocycles. The van der Waals surface area contributed by atoms with Gasteiger partial charge >= 0.3 is 5.97 Å². The molecule has 4 aliphatic rings. The molecule has 1 amide bonds. The minimum Gasteiger partial charge on any atom is -0.478 e. The van der Waals surface area contributed by atoms with E-state index < -0.39 is 23.2 Å². The van der Waals surface area contributed by atoms with Crippen molar-refractivity contribution in [2.75, 3.05) is 11.9 Å². The van der Waals surface area contributed by atoms with E-state index in [1.807, 2.05) is 10.5 Å². The van der Waals surface area contributed by atoms with Gasteiger partial charge in [-0.3, -0.25) is 9.69 Å². The van der Waals surface area contributed by atoms with Crippen LogP contribution in [-0.4, -0.2) is 43.9 Å². The van der Waals surface area contributed by atoms with Crippen LogP contribution in [-0.2, 0) is 16.8 Å². The van der Waals surface area contributed by atoms with E-state index in [0.29, 0.717) is 46.4 Å². The lowest BCUT2D eigenvalue weighted by atomic mass is 9.71. The molecule has 2 N–H and O–H groups in total. The molecule has 4 atom stereocenters. The average Bonchev–Trinajstić information content (AvgIpc) is 3.36. The van der Waals surface area contributed by atoms with Gasteiger partial charge in [0.05, 0.1) is 16.3 Å². The fourth-order valence-electron chi connectivity index (χ4n) is 7.82. The SMILES string of the molecule is Cc1c(C(=O)O)ccn2c3c(nc12)[C@@H]1[C@H](C3)N(CC2CC2)[C@@]2(C(=O)Nc3cc(Cl)ccc32)[C@H]1c1cccc(Cl)c1F. The summed E-state index contributed by atoms with van der Waals surface area (Å²) >= 11 is 12.7. The summed E-state index contributed by atoms with van der Waals surface area (Å²) in [4.78, 5) is 33.6. The number of amides is 1. The van der Waals surface area contributed by atoms with E-state index in [9.17, 15) is 14.7 Å². The Hall–Kier alpha value is -3.46. The molecular formula is C31H25Cl2FN4O3. The quantitative estimate of drug-likeness (QED) is 0.297. The molecule has 4 aromatic rings. The number of aryl methyl sites for hydroxylation is 1. The van der Waals surface area contributed by atoms with Crippen LogP contribution < -0.4 is 5.32 Å². The molecule has 41 heavy (non-hydrogen) atoms. The van der Waals surface area contributed by atoms with Gasteiger partial charge in [0.1, 0.15) is 17.0 Å². The first-order valence-corrected chi connectivity index (χ1v) is 14.5. The molecule has 208 valence electrons. The van der Waals surface area contributed by atoms with Crippen molar-refractivity contribution in [2.45, 2.75) is 49.6 Å². The molecule has 2 aromatic heterocycles. The van der Waals surface area contributed by atoms with Crippen molar-refractivity contribution in [3.8, 4) is 0 Å². The number of likely N-dealkylation sites (tertiary alicyclic amines) is 1. The van der Waals surface area contributed by atoms with Crippen LogP contribution in [0.1, 0.15) is 63.1 Å². The lowest BCUT2D eigenvalue weighted by Crippen LogP contribution is -2.53. The van der Waals surface area contributed by atoms with E-state index in [-0.39, 0.29) is 28.5 Å². The fraction of sp³-hybridized carbons (Fsp3) is 0.323. The second-order valence-electron chi connectivity index (χ2n) is 11.7. The van der Waals surface area contributed by atoms with E-state index in [4.69, 9.17) is 28.2 Å². The van der Waals surface area contributed by atoms with Gasteiger partial charge in [-0.15, -0.1) is 0 Å². The molecule has 0 bridgehead atoms. The lowest BCUT2D eigenvalue weighted by Gasteiger charge is -2.40. The van der Waals surface area contributed by atoms with Crippen LogP contribution in [0.15, 0.2) is 48.7 Å². The van der Waals surface area contributed by atoms with Crippen molar-refractivity contribution in [3.05, 3.63) is 98.2 Å². The van der Waals surface area contributed by atoms with Gasteiger partial charge in [0, 0.05) is 64.6 Å². The summed E-state index contributed by atoms with van der Waals surface area (Å²) in [6.07, 6.45) is 4.52. The van der Waals surface area contributed by atoms with Gasteiger partial charge in [0.2, 0.25) is 5.91 Å². The average molecular weight is 591 g/mol. The van der Waals surface area contributed by atoms with Gasteiger partial charge in [-0.1, -0.05) is 41.4 Å². The molecule has 0 radical (unpaired) electrons. The first-order chi connectivity index (χ1) is 19.7. The number of rotatable bonds is 4. The monoisotopic (exact) mass is 590 g/mol. The highest BCUT2D eigenvalue weighted by molar-refractivity contribution is 6.31. The number of benzene rings is 2. The molecule has 2 fully saturated rings. The van der Waals surface area contributed by atoms with Crippen molar-refractivity contribution >= 4 is 46.4 Å². The van der Waals surface area contributed by atoms with Crippen LogP contribution in [0.2, 0.25) is 10.0 Å². The van der Waals surface area contributed by atoms with E-state index in [1.54, 1.807) is 43.5 Å². The zero-order valence-electron chi connectivity index (χ0n) is 22.0. The third-order valence-corrected chi connectivity index (χ3v) is 10.2. The van der Waals surface area contributed by atoms with Gasteiger partial charge in [-0.2, -0.15) is 0 Å². The number of fused-ring (bicyclic) bond motifs is 7. The standard InChI is InChI=1S/C31H25Cl2FN4O3/c1-14-17(29(39)40)9-10-37-23-12-22-24(27(23)36-28(14)37)25(18-3-2-4-20(33)26(18)34)31(38(22)13-15-5-6-15)19-8-7-16(32)11-21(19)35-30(31)41/h2-4,7-11,15,22,24-25H,5-6,12-13H2,1H3,(H,35,41)(H,39,40)/t22-,24+,25-,31+/m0/s1. The molecule has 1 saturated heterocycles. The number of imidazole rings is 1. The number of pyridine rings is 1. The minimum atomic E-state index is -1.20. The first-order valence-electron chi connectivity index (χ1n) is 13.8. The number of hydrogen-bond donors (Lipinski definition) is 2.